The number of benzene rings is 4. The summed E-state index contributed by atoms with van der Waals surface area (Å²) in [6.45, 7) is 5.98. The summed E-state index contributed by atoms with van der Waals surface area (Å²) in [4.78, 5) is 34.5. The molecule has 12 heteroatoms. The molecule has 0 aliphatic carbocycles. The Morgan fingerprint density at radius 3 is 2.29 bits per heavy atom. The van der Waals surface area contributed by atoms with E-state index in [2.05, 4.69) is 4.74 Å². The van der Waals surface area contributed by atoms with E-state index in [9.17, 15) is 27.2 Å². The lowest BCUT2D eigenvalue weighted by molar-refractivity contribution is -0.275. The number of alkyl halides is 3. The predicted molar refractivity (Wildman–Crippen MR) is 172 cm³/mol. The van der Waals surface area contributed by atoms with Crippen LogP contribution in [0.2, 0.25) is 0 Å². The van der Waals surface area contributed by atoms with E-state index in [0.717, 1.165) is 23.3 Å². The Morgan fingerprint density at radius 1 is 0.958 bits per heavy atom. The second-order valence-electron chi connectivity index (χ2n) is 11.0. The van der Waals surface area contributed by atoms with Crippen molar-refractivity contribution in [1.82, 2.24) is 14.5 Å². The highest BCUT2D eigenvalue weighted by Gasteiger charge is 2.33. The van der Waals surface area contributed by atoms with Gasteiger partial charge in [-0.2, -0.15) is 0 Å². The summed E-state index contributed by atoms with van der Waals surface area (Å²) in [5.41, 5.74) is 2.28. The lowest BCUT2D eigenvalue weighted by atomic mass is 10.1. The monoisotopic (exact) mass is 663 g/mol. The first kappa shape index (κ1) is 34.0. The first-order valence-electron chi connectivity index (χ1n) is 15.1. The van der Waals surface area contributed by atoms with Gasteiger partial charge >= 0.3 is 6.36 Å². The van der Waals surface area contributed by atoms with Crippen LogP contribution in [-0.2, 0) is 17.8 Å². The molecule has 4 aromatic carbocycles. The summed E-state index contributed by atoms with van der Waals surface area (Å²) < 4.78 is 68.9. The van der Waals surface area contributed by atoms with Crippen LogP contribution >= 0.6 is 0 Å². The minimum atomic E-state index is -5.08. The van der Waals surface area contributed by atoms with Crippen molar-refractivity contribution < 1.29 is 36.6 Å². The Kier molecular flexibility index (Phi) is 10.0. The number of fused-ring (bicyclic) bond motifs is 1. The van der Waals surface area contributed by atoms with Gasteiger partial charge < -0.3 is 19.1 Å². The van der Waals surface area contributed by atoms with Crippen molar-refractivity contribution in [3.63, 3.8) is 0 Å². The van der Waals surface area contributed by atoms with Gasteiger partial charge in [0.1, 0.15) is 17.3 Å². The minimum absolute atomic E-state index is 0.0640. The molecule has 0 radical (unpaired) electrons. The molecule has 0 fully saturated rings. The Balaban J connectivity index is 1.60. The van der Waals surface area contributed by atoms with Crippen molar-refractivity contribution in [2.75, 3.05) is 13.7 Å². The van der Waals surface area contributed by atoms with Crippen LogP contribution in [0, 0.1) is 12.7 Å². The third kappa shape index (κ3) is 7.59. The minimum Gasteiger partial charge on any atom is -0.496 e. The Bertz CT molecular complexity index is 1990. The topological polar surface area (TPSA) is 82.9 Å². The van der Waals surface area contributed by atoms with Gasteiger partial charge in [0.2, 0.25) is 5.91 Å². The fraction of sp³-hybridized carbons (Fsp3) is 0.250. The molecule has 0 unspecified atom stereocenters. The Morgan fingerprint density at radius 2 is 1.65 bits per heavy atom. The summed E-state index contributed by atoms with van der Waals surface area (Å²) >= 11 is 0. The molecule has 5 aromatic rings. The molecule has 48 heavy (non-hydrogen) atoms. The van der Waals surface area contributed by atoms with Gasteiger partial charge in [0.05, 0.1) is 42.8 Å². The van der Waals surface area contributed by atoms with Crippen LogP contribution in [0.25, 0.3) is 16.6 Å². The number of hydrogen-bond donors (Lipinski definition) is 0. The van der Waals surface area contributed by atoms with Crippen LogP contribution < -0.4 is 19.8 Å². The standard InChI is InChI=1S/C36H33F4N3O5/c1-5-47-27-14-12-26(13-15-27)43-34(41-30-9-7-6-8-28(30)35(43)45)23(3)42(21-25-11-16-31(46-4)22(2)18-25)33(44)20-24-10-17-32(29(37)19-24)48-36(38,39)40/h6-19,23H,5,20-21H2,1-4H3/t23-/m1/s1. The van der Waals surface area contributed by atoms with E-state index in [-0.39, 0.29) is 29.9 Å². The lowest BCUT2D eigenvalue weighted by Gasteiger charge is -2.31. The highest BCUT2D eigenvalue weighted by Crippen LogP contribution is 2.30. The molecule has 0 aliphatic heterocycles. The Hall–Kier alpha value is -5.39. The number of aryl methyl sites for hydroxylation is 1. The zero-order chi connectivity index (χ0) is 34.6. The quantitative estimate of drug-likeness (QED) is 0.136. The molecule has 0 bridgehead atoms. The maximum Gasteiger partial charge on any atom is 0.573 e. The summed E-state index contributed by atoms with van der Waals surface area (Å²) in [5, 5.41) is 0.377. The fourth-order valence-corrected chi connectivity index (χ4v) is 5.49. The molecule has 1 heterocycles. The maximum atomic E-state index is 14.6. The number of hydrogen-bond acceptors (Lipinski definition) is 6. The first-order chi connectivity index (χ1) is 22.9. The molecule has 8 nitrogen and oxygen atoms in total. The fourth-order valence-electron chi connectivity index (χ4n) is 5.49. The van der Waals surface area contributed by atoms with Gasteiger partial charge in [0, 0.05) is 6.54 Å². The van der Waals surface area contributed by atoms with Crippen molar-refractivity contribution in [3.05, 3.63) is 124 Å². The molecule has 0 N–H and O–H groups in total. The zero-order valence-electron chi connectivity index (χ0n) is 26.7. The van der Waals surface area contributed by atoms with E-state index >= 15 is 0 Å². The van der Waals surface area contributed by atoms with Crippen LogP contribution in [0.5, 0.6) is 17.2 Å². The lowest BCUT2D eigenvalue weighted by Crippen LogP contribution is -2.38. The average molecular weight is 664 g/mol. The highest BCUT2D eigenvalue weighted by molar-refractivity contribution is 5.80. The van der Waals surface area contributed by atoms with Crippen LogP contribution in [0.3, 0.4) is 0 Å². The largest absolute Gasteiger partial charge is 0.573 e. The molecule has 0 aliphatic rings. The van der Waals surface area contributed by atoms with E-state index in [1.54, 1.807) is 74.7 Å². The maximum absolute atomic E-state index is 14.6. The predicted octanol–water partition coefficient (Wildman–Crippen LogP) is 7.47. The third-order valence-electron chi connectivity index (χ3n) is 7.76. The summed E-state index contributed by atoms with van der Waals surface area (Å²) in [5.74, 6) is -1.21. The number of amides is 1. The number of nitrogens with zero attached hydrogens (tertiary/aromatic N) is 3. The summed E-state index contributed by atoms with van der Waals surface area (Å²) in [6, 6.07) is 21.3. The van der Waals surface area contributed by atoms with E-state index in [1.807, 2.05) is 19.9 Å². The summed E-state index contributed by atoms with van der Waals surface area (Å²) in [7, 11) is 1.55. The van der Waals surface area contributed by atoms with E-state index in [1.165, 1.54) is 15.5 Å². The van der Waals surface area contributed by atoms with Gasteiger partial charge in [0.15, 0.2) is 11.6 Å². The zero-order valence-corrected chi connectivity index (χ0v) is 26.7. The van der Waals surface area contributed by atoms with Gasteiger partial charge in [-0.3, -0.25) is 14.2 Å². The number of ether oxygens (including phenoxy) is 3. The van der Waals surface area contributed by atoms with Gasteiger partial charge in [-0.15, -0.1) is 13.2 Å². The SMILES string of the molecule is CCOc1ccc(-n2c([C@@H](C)N(Cc3ccc(OC)c(C)c3)C(=O)Cc3ccc(OC(F)(F)F)c(F)c3)nc3ccccc3c2=O)cc1. The average Bonchev–Trinajstić information content (AvgIpc) is 3.05. The number of methoxy groups -OCH3 is 1. The molecule has 1 amide bonds. The molecule has 0 spiro atoms. The number of carbonyl (C=O) groups excluding carboxylic acids is 1. The van der Waals surface area contributed by atoms with E-state index < -0.39 is 29.9 Å². The van der Waals surface area contributed by atoms with Crippen LogP contribution in [-0.4, -0.2) is 40.4 Å². The molecule has 250 valence electrons. The second kappa shape index (κ2) is 14.2. The molecule has 0 saturated carbocycles. The van der Waals surface area contributed by atoms with Gasteiger partial charge in [-0.1, -0.05) is 30.3 Å². The van der Waals surface area contributed by atoms with Crippen LogP contribution in [0.15, 0.2) is 89.7 Å². The molecule has 1 aromatic heterocycles. The number of halogens is 4. The van der Waals surface area contributed by atoms with E-state index in [4.69, 9.17) is 14.5 Å². The molecular formula is C36H33F4N3O5. The molecule has 5 rings (SSSR count). The Labute approximate surface area is 274 Å². The number of rotatable bonds is 11. The van der Waals surface area contributed by atoms with Crippen molar-refractivity contribution in [1.29, 1.82) is 0 Å². The first-order valence-corrected chi connectivity index (χ1v) is 15.1. The van der Waals surface area contributed by atoms with Crippen molar-refractivity contribution in [2.45, 2.75) is 46.1 Å². The number of aromatic nitrogens is 2. The van der Waals surface area contributed by atoms with E-state index in [0.29, 0.717) is 34.7 Å². The van der Waals surface area contributed by atoms with Gasteiger partial charge in [-0.05, 0) is 92.1 Å². The molecular weight excluding hydrogens is 630 g/mol. The second-order valence-corrected chi connectivity index (χ2v) is 11.0. The molecule has 0 saturated heterocycles. The van der Waals surface area contributed by atoms with Gasteiger partial charge in [-0.25, -0.2) is 9.37 Å². The van der Waals surface area contributed by atoms with Crippen molar-refractivity contribution in [3.8, 4) is 22.9 Å². The number of para-hydroxylation sites is 1. The van der Waals surface area contributed by atoms with Crippen molar-refractivity contribution in [2.24, 2.45) is 0 Å². The highest BCUT2D eigenvalue weighted by atomic mass is 19.4. The number of carbonyl (C=O) groups is 1. The normalized spacial score (nSPS) is 12.1. The smallest absolute Gasteiger partial charge is 0.496 e. The van der Waals surface area contributed by atoms with Crippen molar-refractivity contribution >= 4 is 16.8 Å². The summed E-state index contributed by atoms with van der Waals surface area (Å²) in [6.07, 6.45) is -5.43. The third-order valence-corrected chi connectivity index (χ3v) is 7.76. The van der Waals surface area contributed by atoms with Gasteiger partial charge in [0.25, 0.3) is 5.56 Å². The van der Waals surface area contributed by atoms with Crippen LogP contribution in [0.4, 0.5) is 17.6 Å². The molecule has 1 atom stereocenters. The van der Waals surface area contributed by atoms with Crippen LogP contribution in [0.1, 0.15) is 42.4 Å².